The second-order valence-electron chi connectivity index (χ2n) is 6.26. The maximum Gasteiger partial charge on any atom is 0.392 e. The topological polar surface area (TPSA) is 47.6 Å². The van der Waals surface area contributed by atoms with Crippen molar-refractivity contribution < 1.29 is 27.4 Å². The van der Waals surface area contributed by atoms with Gasteiger partial charge in [0.15, 0.2) is 0 Å². The highest BCUT2D eigenvalue weighted by Gasteiger charge is 2.48. The van der Waals surface area contributed by atoms with Gasteiger partial charge in [0.1, 0.15) is 0 Å². The molecule has 1 saturated heterocycles. The summed E-state index contributed by atoms with van der Waals surface area (Å²) in [6, 6.07) is 0. The molecule has 0 spiro atoms. The Balaban J connectivity index is 1.95. The first-order valence-electron chi connectivity index (χ1n) is 7.85. The maximum absolute atomic E-state index is 13.1. The first-order valence-corrected chi connectivity index (χ1v) is 7.85. The fourth-order valence-corrected chi connectivity index (χ4v) is 3.41. The molecule has 4 nitrogen and oxygen atoms in total. The highest BCUT2D eigenvalue weighted by atomic mass is 19.4. The van der Waals surface area contributed by atoms with Crippen LogP contribution in [0, 0.1) is 11.8 Å². The molecule has 1 saturated carbocycles. The Bertz CT molecular complexity index is 381. The van der Waals surface area contributed by atoms with E-state index in [1.165, 1.54) is 0 Å². The summed E-state index contributed by atoms with van der Waals surface area (Å²) in [6.45, 7) is 1.32. The third-order valence-corrected chi connectivity index (χ3v) is 4.94. The predicted molar refractivity (Wildman–Crippen MR) is 74.3 cm³/mol. The van der Waals surface area contributed by atoms with Gasteiger partial charge in [-0.05, 0) is 12.8 Å². The Morgan fingerprint density at radius 1 is 1.27 bits per heavy atom. The highest BCUT2D eigenvalue weighted by Crippen LogP contribution is 2.41. The van der Waals surface area contributed by atoms with Crippen LogP contribution in [0.4, 0.5) is 13.2 Å². The van der Waals surface area contributed by atoms with Crippen LogP contribution in [0.2, 0.25) is 0 Å². The number of hydrogen-bond donors (Lipinski definition) is 1. The van der Waals surface area contributed by atoms with Gasteiger partial charge >= 0.3 is 6.18 Å². The molecule has 0 bridgehead atoms. The SMILES string of the molecule is COC1(CNC(=O)[C@@H]2CCCC[C@@H]2C(F)(F)F)CCOCC1. The number of ether oxygens (including phenoxy) is 2. The number of methoxy groups -OCH3 is 1. The molecule has 0 radical (unpaired) electrons. The molecule has 2 atom stereocenters. The smallest absolute Gasteiger partial charge is 0.381 e. The molecule has 1 aliphatic heterocycles. The minimum atomic E-state index is -4.31. The van der Waals surface area contributed by atoms with Gasteiger partial charge in [0, 0.05) is 45.6 Å². The van der Waals surface area contributed by atoms with Crippen LogP contribution in [0.1, 0.15) is 38.5 Å². The Labute approximate surface area is 128 Å². The van der Waals surface area contributed by atoms with E-state index >= 15 is 0 Å². The summed E-state index contributed by atoms with van der Waals surface area (Å²) in [5.74, 6) is -2.98. The average molecular weight is 323 g/mol. The standard InChI is InChI=1S/C15H24F3NO3/c1-21-14(6-8-22-9-7-14)10-19-13(20)11-4-2-3-5-12(11)15(16,17)18/h11-12H,2-10H2,1H3,(H,19,20)/t11-,12+/m1/s1. The Morgan fingerprint density at radius 3 is 2.50 bits per heavy atom. The molecule has 1 amide bonds. The molecular formula is C15H24F3NO3. The van der Waals surface area contributed by atoms with Crippen LogP contribution in [0.5, 0.6) is 0 Å². The molecule has 0 aromatic carbocycles. The van der Waals surface area contributed by atoms with Gasteiger partial charge in [-0.1, -0.05) is 12.8 Å². The lowest BCUT2D eigenvalue weighted by atomic mass is 9.78. The molecule has 1 N–H and O–H groups in total. The molecule has 2 fully saturated rings. The van der Waals surface area contributed by atoms with Crippen molar-refractivity contribution in [3.8, 4) is 0 Å². The van der Waals surface area contributed by atoms with Crippen LogP contribution < -0.4 is 5.32 Å². The molecule has 1 heterocycles. The first-order chi connectivity index (χ1) is 10.4. The van der Waals surface area contributed by atoms with Crippen LogP contribution in [-0.2, 0) is 14.3 Å². The van der Waals surface area contributed by atoms with Crippen molar-refractivity contribution in [3.63, 3.8) is 0 Å². The van der Waals surface area contributed by atoms with Crippen LogP contribution in [0.25, 0.3) is 0 Å². The van der Waals surface area contributed by atoms with Gasteiger partial charge in [0.2, 0.25) is 5.91 Å². The van der Waals surface area contributed by atoms with Gasteiger partial charge in [-0.3, -0.25) is 4.79 Å². The van der Waals surface area contributed by atoms with E-state index in [9.17, 15) is 18.0 Å². The summed E-state index contributed by atoms with van der Waals surface area (Å²) in [6.07, 6.45) is -1.47. The van der Waals surface area contributed by atoms with Crippen molar-refractivity contribution in [2.45, 2.75) is 50.3 Å². The second kappa shape index (κ2) is 7.17. The van der Waals surface area contributed by atoms with Crippen LogP contribution >= 0.6 is 0 Å². The maximum atomic E-state index is 13.1. The molecule has 22 heavy (non-hydrogen) atoms. The summed E-state index contributed by atoms with van der Waals surface area (Å²) >= 11 is 0. The van der Waals surface area contributed by atoms with E-state index in [0.717, 1.165) is 0 Å². The minimum Gasteiger partial charge on any atom is -0.381 e. The molecular weight excluding hydrogens is 299 g/mol. The fraction of sp³-hybridized carbons (Fsp3) is 0.933. The molecule has 128 valence electrons. The van der Waals surface area contributed by atoms with E-state index in [1.54, 1.807) is 7.11 Å². The van der Waals surface area contributed by atoms with Gasteiger partial charge < -0.3 is 14.8 Å². The fourth-order valence-electron chi connectivity index (χ4n) is 3.41. The number of amides is 1. The average Bonchev–Trinajstić information content (AvgIpc) is 2.53. The van der Waals surface area contributed by atoms with Crippen molar-refractivity contribution in [2.75, 3.05) is 26.9 Å². The van der Waals surface area contributed by atoms with Crippen molar-refractivity contribution in [1.29, 1.82) is 0 Å². The summed E-state index contributed by atoms with van der Waals surface area (Å²) in [4.78, 5) is 12.3. The van der Waals surface area contributed by atoms with Crippen molar-refractivity contribution in [2.24, 2.45) is 11.8 Å². The number of halogens is 3. The summed E-state index contributed by atoms with van der Waals surface area (Å²) < 4.78 is 50.0. The van der Waals surface area contributed by atoms with E-state index in [1.807, 2.05) is 0 Å². The molecule has 2 aliphatic rings. The number of nitrogens with one attached hydrogen (secondary N) is 1. The van der Waals surface area contributed by atoms with Gasteiger partial charge in [-0.2, -0.15) is 13.2 Å². The zero-order valence-corrected chi connectivity index (χ0v) is 12.9. The summed E-state index contributed by atoms with van der Waals surface area (Å²) in [5.41, 5.74) is -0.518. The lowest BCUT2D eigenvalue weighted by molar-refractivity contribution is -0.198. The van der Waals surface area contributed by atoms with Crippen molar-refractivity contribution in [3.05, 3.63) is 0 Å². The van der Waals surface area contributed by atoms with Crippen molar-refractivity contribution in [1.82, 2.24) is 5.32 Å². The number of carbonyl (C=O) groups is 1. The molecule has 1 aliphatic carbocycles. The summed E-state index contributed by atoms with van der Waals surface area (Å²) in [7, 11) is 1.57. The Morgan fingerprint density at radius 2 is 1.91 bits per heavy atom. The molecule has 0 aromatic heterocycles. The third-order valence-electron chi connectivity index (χ3n) is 4.94. The number of carbonyl (C=O) groups excluding carboxylic acids is 1. The molecule has 0 aromatic rings. The van der Waals surface area contributed by atoms with Gasteiger partial charge in [-0.25, -0.2) is 0 Å². The van der Waals surface area contributed by atoms with E-state index in [2.05, 4.69) is 5.32 Å². The zero-order chi connectivity index (χ0) is 16.2. The number of alkyl halides is 3. The quantitative estimate of drug-likeness (QED) is 0.865. The second-order valence-corrected chi connectivity index (χ2v) is 6.26. The van der Waals surface area contributed by atoms with E-state index in [-0.39, 0.29) is 13.0 Å². The zero-order valence-electron chi connectivity index (χ0n) is 12.9. The Hall–Kier alpha value is -0.820. The lowest BCUT2D eigenvalue weighted by Gasteiger charge is -2.37. The van der Waals surface area contributed by atoms with Gasteiger partial charge in [0.25, 0.3) is 0 Å². The summed E-state index contributed by atoms with van der Waals surface area (Å²) in [5, 5.41) is 2.70. The van der Waals surface area contributed by atoms with E-state index in [0.29, 0.717) is 45.3 Å². The molecule has 2 rings (SSSR count). The third kappa shape index (κ3) is 4.13. The van der Waals surface area contributed by atoms with E-state index < -0.39 is 29.5 Å². The van der Waals surface area contributed by atoms with Crippen LogP contribution in [0.15, 0.2) is 0 Å². The van der Waals surface area contributed by atoms with E-state index in [4.69, 9.17) is 9.47 Å². The monoisotopic (exact) mass is 323 g/mol. The normalized spacial score (nSPS) is 29.1. The van der Waals surface area contributed by atoms with Crippen LogP contribution in [-0.4, -0.2) is 44.6 Å². The highest BCUT2D eigenvalue weighted by molar-refractivity contribution is 5.79. The lowest BCUT2D eigenvalue weighted by Crippen LogP contribution is -2.51. The first kappa shape index (κ1) is 17.5. The number of rotatable bonds is 4. The van der Waals surface area contributed by atoms with Gasteiger partial charge in [0.05, 0.1) is 11.5 Å². The van der Waals surface area contributed by atoms with Crippen molar-refractivity contribution >= 4 is 5.91 Å². The number of hydrogen-bond acceptors (Lipinski definition) is 3. The largest absolute Gasteiger partial charge is 0.392 e. The minimum absolute atomic E-state index is 0.0465. The van der Waals surface area contributed by atoms with Gasteiger partial charge in [-0.15, -0.1) is 0 Å². The predicted octanol–water partition coefficient (Wildman–Crippen LogP) is 2.67. The molecule has 0 unspecified atom stereocenters. The Kier molecular flexibility index (Phi) is 5.71. The molecule has 7 heteroatoms. The van der Waals surface area contributed by atoms with Crippen LogP contribution in [0.3, 0.4) is 0 Å².